The van der Waals surface area contributed by atoms with Gasteiger partial charge in [0, 0.05) is 10.0 Å². The summed E-state index contributed by atoms with van der Waals surface area (Å²) < 4.78 is 45.8. The van der Waals surface area contributed by atoms with Gasteiger partial charge in [-0.2, -0.15) is 0 Å². The molecule has 1 aromatic rings. The molecule has 0 aliphatic carbocycles. The van der Waals surface area contributed by atoms with Gasteiger partial charge < -0.3 is 10.1 Å². The average molecular weight is 352 g/mol. The molecule has 2 rings (SSSR count). The Morgan fingerprint density at radius 2 is 2.05 bits per heavy atom. The molecule has 1 N–H and O–H groups in total. The summed E-state index contributed by atoms with van der Waals surface area (Å²) in [6.45, 7) is 2.79. The first kappa shape index (κ1) is 15.3. The summed E-state index contributed by atoms with van der Waals surface area (Å²) >= 11 is 3.15. The Kier molecular flexibility index (Phi) is 4.11. The van der Waals surface area contributed by atoms with Crippen LogP contribution in [-0.4, -0.2) is 24.0 Å². The monoisotopic (exact) mass is 351 g/mol. The molecule has 1 saturated heterocycles. The largest absolute Gasteiger partial charge is 0.354 e. The molecule has 1 aromatic carbocycles. The van der Waals surface area contributed by atoms with Gasteiger partial charge in [0.1, 0.15) is 17.5 Å². The third kappa shape index (κ3) is 2.83. The molecule has 1 aliphatic rings. The summed E-state index contributed by atoms with van der Waals surface area (Å²) in [5.41, 5.74) is -1.41. The lowest BCUT2D eigenvalue weighted by Gasteiger charge is -2.40. The van der Waals surface area contributed by atoms with Gasteiger partial charge in [0.25, 0.3) is 12.3 Å². The van der Waals surface area contributed by atoms with E-state index in [0.717, 1.165) is 6.07 Å². The molecule has 0 bridgehead atoms. The predicted octanol–water partition coefficient (Wildman–Crippen LogP) is 3.19. The van der Waals surface area contributed by atoms with Gasteiger partial charge in [-0.15, -0.1) is 0 Å². The van der Waals surface area contributed by atoms with Crippen molar-refractivity contribution in [2.24, 2.45) is 0 Å². The number of hydrogen-bond acceptors (Lipinski definition) is 2. The Morgan fingerprint density at radius 1 is 1.40 bits per heavy atom. The fourth-order valence-corrected chi connectivity index (χ4v) is 2.44. The van der Waals surface area contributed by atoms with Crippen LogP contribution < -0.4 is 5.32 Å². The van der Waals surface area contributed by atoms with Crippen LogP contribution in [0, 0.1) is 5.82 Å². The number of hydrogen-bond donors (Lipinski definition) is 1. The van der Waals surface area contributed by atoms with Gasteiger partial charge in [-0.05, 0) is 32.0 Å². The van der Waals surface area contributed by atoms with Crippen LogP contribution in [0.25, 0.3) is 0 Å². The molecule has 1 heterocycles. The van der Waals surface area contributed by atoms with E-state index in [9.17, 15) is 18.0 Å². The lowest BCUT2D eigenvalue weighted by Crippen LogP contribution is -2.58. The van der Waals surface area contributed by atoms with Crippen LogP contribution >= 0.6 is 15.9 Å². The van der Waals surface area contributed by atoms with Gasteiger partial charge in [0.15, 0.2) is 0 Å². The van der Waals surface area contributed by atoms with E-state index in [2.05, 4.69) is 21.2 Å². The summed E-state index contributed by atoms with van der Waals surface area (Å²) in [6, 6.07) is 2.73. The predicted molar refractivity (Wildman–Crippen MR) is 69.9 cm³/mol. The average Bonchev–Trinajstić information content (AvgIpc) is 2.35. The number of carbonyl (C=O) groups excluding carboxylic acids is 1. The highest BCUT2D eigenvalue weighted by Gasteiger charge is 2.46. The number of morpholine rings is 1. The highest BCUT2D eigenvalue weighted by molar-refractivity contribution is 9.10. The highest BCUT2D eigenvalue weighted by Crippen LogP contribution is 2.34. The lowest BCUT2D eigenvalue weighted by molar-refractivity contribution is -0.186. The van der Waals surface area contributed by atoms with Crippen LogP contribution in [0.5, 0.6) is 0 Å². The molecule has 3 nitrogen and oxygen atoms in total. The number of ether oxygens (including phenoxy) is 1. The Labute approximate surface area is 122 Å². The topological polar surface area (TPSA) is 38.3 Å². The molecule has 0 spiro atoms. The third-order valence-electron chi connectivity index (χ3n) is 3.13. The smallest absolute Gasteiger partial charge is 0.266 e. The molecule has 2 atom stereocenters. The molecule has 110 valence electrons. The van der Waals surface area contributed by atoms with Crippen molar-refractivity contribution >= 4 is 21.8 Å². The number of nitrogens with one attached hydrogen (secondary N) is 1. The molecule has 1 amide bonds. The fraction of sp³-hybridized carbons (Fsp3) is 0.462. The van der Waals surface area contributed by atoms with Gasteiger partial charge in [-0.25, -0.2) is 13.2 Å². The summed E-state index contributed by atoms with van der Waals surface area (Å²) in [7, 11) is 0. The van der Waals surface area contributed by atoms with E-state index in [0.29, 0.717) is 4.47 Å². The van der Waals surface area contributed by atoms with Crippen molar-refractivity contribution in [3.05, 3.63) is 34.1 Å². The van der Waals surface area contributed by atoms with Crippen molar-refractivity contribution in [2.45, 2.75) is 38.0 Å². The highest BCUT2D eigenvalue weighted by atomic mass is 79.9. The van der Waals surface area contributed by atoms with Crippen molar-refractivity contribution in [2.75, 3.05) is 0 Å². The molecule has 0 radical (unpaired) electrons. The van der Waals surface area contributed by atoms with Crippen molar-refractivity contribution in [1.82, 2.24) is 5.32 Å². The molecule has 0 saturated carbocycles. The van der Waals surface area contributed by atoms with Crippen LogP contribution in [0.3, 0.4) is 0 Å². The van der Waals surface area contributed by atoms with Gasteiger partial charge in [0.05, 0.1) is 6.04 Å². The number of alkyl halides is 2. The summed E-state index contributed by atoms with van der Waals surface area (Å²) in [5, 5.41) is 2.42. The zero-order chi connectivity index (χ0) is 15.1. The van der Waals surface area contributed by atoms with E-state index in [-0.39, 0.29) is 5.56 Å². The Bertz CT molecular complexity index is 536. The molecular formula is C13H13BrF3NO2. The van der Waals surface area contributed by atoms with Crippen LogP contribution in [0.15, 0.2) is 22.7 Å². The van der Waals surface area contributed by atoms with E-state index in [1.54, 1.807) is 0 Å². The number of amides is 1. The first-order valence-corrected chi connectivity index (χ1v) is 6.73. The maximum atomic E-state index is 13.8. The van der Waals surface area contributed by atoms with Gasteiger partial charge in [-0.1, -0.05) is 15.9 Å². The van der Waals surface area contributed by atoms with E-state index >= 15 is 0 Å². The quantitative estimate of drug-likeness (QED) is 0.888. The van der Waals surface area contributed by atoms with Crippen LogP contribution in [0.2, 0.25) is 0 Å². The van der Waals surface area contributed by atoms with E-state index in [4.69, 9.17) is 4.74 Å². The number of benzene rings is 1. The summed E-state index contributed by atoms with van der Waals surface area (Å²) in [6.07, 6.45) is -4.45. The molecule has 2 unspecified atom stereocenters. The normalized spacial score (nSPS) is 25.6. The van der Waals surface area contributed by atoms with Crippen molar-refractivity contribution in [3.63, 3.8) is 0 Å². The third-order valence-corrected chi connectivity index (χ3v) is 3.63. The molecule has 1 aliphatic heterocycles. The first-order valence-electron chi connectivity index (χ1n) is 5.94. The fourth-order valence-electron chi connectivity index (χ4n) is 2.06. The zero-order valence-electron chi connectivity index (χ0n) is 10.8. The maximum Gasteiger partial charge on any atom is 0.266 e. The second-order valence-corrected chi connectivity index (χ2v) is 5.96. The van der Waals surface area contributed by atoms with Gasteiger partial charge in [0.2, 0.25) is 0 Å². The minimum absolute atomic E-state index is 0.0338. The Morgan fingerprint density at radius 3 is 2.65 bits per heavy atom. The Hall–Kier alpha value is -1.08. The molecular weight excluding hydrogens is 339 g/mol. The van der Waals surface area contributed by atoms with E-state index < -0.39 is 35.9 Å². The maximum absolute atomic E-state index is 13.8. The molecule has 20 heavy (non-hydrogen) atoms. The standard InChI is InChI=1S/C13H13BrF3NO2/c1-13(2)12(19)18-9(10(20-13)11(16)17)7-5-6(14)3-4-8(7)15/h3-5,9-11H,1-2H3,(H,18,19). The van der Waals surface area contributed by atoms with Crippen molar-refractivity contribution < 1.29 is 22.7 Å². The molecule has 0 aromatic heterocycles. The minimum Gasteiger partial charge on any atom is -0.354 e. The number of halogens is 4. The minimum atomic E-state index is -2.85. The van der Waals surface area contributed by atoms with E-state index in [1.165, 1.54) is 26.0 Å². The van der Waals surface area contributed by atoms with Crippen molar-refractivity contribution in [1.29, 1.82) is 0 Å². The molecule has 1 fully saturated rings. The second kappa shape index (κ2) is 5.37. The first-order chi connectivity index (χ1) is 9.22. The van der Waals surface area contributed by atoms with Crippen LogP contribution in [0.1, 0.15) is 25.5 Å². The van der Waals surface area contributed by atoms with Crippen LogP contribution in [0.4, 0.5) is 13.2 Å². The van der Waals surface area contributed by atoms with Crippen LogP contribution in [-0.2, 0) is 9.53 Å². The van der Waals surface area contributed by atoms with Gasteiger partial charge >= 0.3 is 0 Å². The zero-order valence-corrected chi connectivity index (χ0v) is 12.4. The number of carbonyl (C=O) groups is 1. The lowest BCUT2D eigenvalue weighted by atomic mass is 9.95. The van der Waals surface area contributed by atoms with Gasteiger partial charge in [-0.3, -0.25) is 4.79 Å². The SMILES string of the molecule is CC1(C)OC(C(F)F)C(c2cc(Br)ccc2F)NC1=O. The summed E-state index contributed by atoms with van der Waals surface area (Å²) in [4.78, 5) is 11.8. The van der Waals surface area contributed by atoms with E-state index in [1.807, 2.05) is 0 Å². The van der Waals surface area contributed by atoms with Crippen molar-refractivity contribution in [3.8, 4) is 0 Å². The summed E-state index contributed by atoms with van der Waals surface area (Å²) in [5.74, 6) is -1.23. The number of rotatable bonds is 2. The second-order valence-electron chi connectivity index (χ2n) is 5.04. The molecule has 7 heteroatoms. The Balaban J connectivity index is 2.42.